The maximum Gasteiger partial charge on any atom is 0.255 e. The molecule has 0 saturated carbocycles. The van der Waals surface area contributed by atoms with E-state index in [1.807, 2.05) is 67.7 Å². The number of nitrogens with one attached hydrogen (secondary N) is 1. The predicted molar refractivity (Wildman–Crippen MR) is 147 cm³/mol. The molecule has 7 nitrogen and oxygen atoms in total. The number of amides is 1. The Hall–Kier alpha value is -4.54. The van der Waals surface area contributed by atoms with Crippen LogP contribution >= 0.6 is 0 Å². The van der Waals surface area contributed by atoms with Gasteiger partial charge in [-0.1, -0.05) is 36.4 Å². The lowest BCUT2D eigenvalue weighted by Crippen LogP contribution is -2.46. The monoisotopic (exact) mass is 488 g/mol. The van der Waals surface area contributed by atoms with Gasteiger partial charge in [-0.05, 0) is 60.0 Å². The second-order valence-corrected chi connectivity index (χ2v) is 9.13. The first-order valence-electron chi connectivity index (χ1n) is 12.3. The Morgan fingerprint density at radius 1 is 0.973 bits per heavy atom. The van der Waals surface area contributed by atoms with Crippen LogP contribution in [0.3, 0.4) is 0 Å². The smallest absolute Gasteiger partial charge is 0.255 e. The number of carbonyl (C=O) groups is 1. The van der Waals surface area contributed by atoms with Gasteiger partial charge in [0.25, 0.3) is 5.91 Å². The van der Waals surface area contributed by atoms with E-state index in [0.29, 0.717) is 16.9 Å². The summed E-state index contributed by atoms with van der Waals surface area (Å²) < 4.78 is 0. The molecule has 1 aliphatic rings. The molecule has 37 heavy (non-hydrogen) atoms. The molecule has 3 heterocycles. The standard InChI is InChI=1S/C30H28N6O/c1-22-6-7-24(19-28(22)23-8-10-25(31-2)11-9-23)30(37)34-26-12-13-29(33-20-26)36-17-15-35(16-18-36)21-27-5-3-4-14-32-27/h3-14,19-20H,15-18,21H2,1H3,(H,34,37). The third kappa shape index (κ3) is 5.83. The van der Waals surface area contributed by atoms with E-state index in [9.17, 15) is 4.79 Å². The molecule has 7 heteroatoms. The van der Waals surface area contributed by atoms with Crippen molar-refractivity contribution in [2.24, 2.45) is 0 Å². The van der Waals surface area contributed by atoms with Gasteiger partial charge in [0.2, 0.25) is 0 Å². The average molecular weight is 489 g/mol. The summed E-state index contributed by atoms with van der Waals surface area (Å²) in [6, 6.07) is 23.0. The molecule has 1 saturated heterocycles. The number of benzene rings is 2. The third-order valence-electron chi connectivity index (χ3n) is 6.62. The number of anilines is 2. The van der Waals surface area contributed by atoms with Crippen LogP contribution in [0, 0.1) is 13.5 Å². The minimum absolute atomic E-state index is 0.184. The molecule has 1 aliphatic heterocycles. The van der Waals surface area contributed by atoms with Gasteiger partial charge in [-0.15, -0.1) is 0 Å². The second-order valence-electron chi connectivity index (χ2n) is 9.13. The Morgan fingerprint density at radius 3 is 2.46 bits per heavy atom. The van der Waals surface area contributed by atoms with Gasteiger partial charge in [0.05, 0.1) is 24.2 Å². The van der Waals surface area contributed by atoms with Crippen molar-refractivity contribution in [3.8, 4) is 11.1 Å². The number of aryl methyl sites for hydroxylation is 1. The Bertz CT molecular complexity index is 1400. The average Bonchev–Trinajstić information content (AvgIpc) is 2.95. The molecule has 1 amide bonds. The highest BCUT2D eigenvalue weighted by Gasteiger charge is 2.18. The van der Waals surface area contributed by atoms with Gasteiger partial charge in [0.15, 0.2) is 5.69 Å². The van der Waals surface area contributed by atoms with Gasteiger partial charge >= 0.3 is 0 Å². The van der Waals surface area contributed by atoms with Crippen LogP contribution in [0.15, 0.2) is 85.2 Å². The van der Waals surface area contributed by atoms with Crippen LogP contribution < -0.4 is 10.2 Å². The maximum atomic E-state index is 13.0. The van der Waals surface area contributed by atoms with Crippen molar-refractivity contribution in [1.82, 2.24) is 14.9 Å². The van der Waals surface area contributed by atoms with E-state index in [4.69, 9.17) is 6.57 Å². The SMILES string of the molecule is [C-]#[N+]c1ccc(-c2cc(C(=O)Nc3ccc(N4CCN(Cc5ccccn5)CC4)nc3)ccc2C)cc1. The van der Waals surface area contributed by atoms with Crippen molar-refractivity contribution in [2.75, 3.05) is 36.4 Å². The molecule has 0 spiro atoms. The Kier molecular flexibility index (Phi) is 7.20. The van der Waals surface area contributed by atoms with Crippen LogP contribution in [-0.2, 0) is 6.54 Å². The van der Waals surface area contributed by atoms with E-state index in [1.54, 1.807) is 18.3 Å². The lowest BCUT2D eigenvalue weighted by Gasteiger charge is -2.35. The summed E-state index contributed by atoms with van der Waals surface area (Å²) in [4.78, 5) is 30.1. The van der Waals surface area contributed by atoms with Crippen LogP contribution in [0.1, 0.15) is 21.6 Å². The van der Waals surface area contributed by atoms with E-state index in [1.165, 1.54) is 0 Å². The molecule has 2 aromatic heterocycles. The van der Waals surface area contributed by atoms with Crippen molar-refractivity contribution < 1.29 is 4.79 Å². The molecular formula is C30H28N6O. The van der Waals surface area contributed by atoms with E-state index in [-0.39, 0.29) is 5.91 Å². The molecular weight excluding hydrogens is 460 g/mol. The lowest BCUT2D eigenvalue weighted by atomic mass is 9.97. The summed E-state index contributed by atoms with van der Waals surface area (Å²) in [6.45, 7) is 13.7. The number of carbonyl (C=O) groups excluding carboxylic acids is 1. The largest absolute Gasteiger partial charge is 0.354 e. The van der Waals surface area contributed by atoms with Crippen molar-refractivity contribution in [3.63, 3.8) is 0 Å². The minimum Gasteiger partial charge on any atom is -0.354 e. The van der Waals surface area contributed by atoms with Crippen LogP contribution in [-0.4, -0.2) is 47.0 Å². The van der Waals surface area contributed by atoms with Crippen LogP contribution in [0.25, 0.3) is 16.0 Å². The predicted octanol–water partition coefficient (Wildman–Crippen LogP) is 5.58. The fourth-order valence-corrected chi connectivity index (χ4v) is 4.50. The number of aromatic nitrogens is 2. The minimum atomic E-state index is -0.184. The topological polar surface area (TPSA) is 65.7 Å². The molecule has 4 aromatic rings. The summed E-state index contributed by atoms with van der Waals surface area (Å²) in [5, 5.41) is 2.96. The van der Waals surface area contributed by atoms with Crippen molar-refractivity contribution in [1.29, 1.82) is 0 Å². The fraction of sp³-hybridized carbons (Fsp3) is 0.200. The molecule has 184 valence electrons. The quantitative estimate of drug-likeness (QED) is 0.359. The number of hydrogen-bond donors (Lipinski definition) is 1. The fourth-order valence-electron chi connectivity index (χ4n) is 4.50. The van der Waals surface area contributed by atoms with E-state index >= 15 is 0 Å². The first kappa shape index (κ1) is 24.2. The Labute approximate surface area is 217 Å². The summed E-state index contributed by atoms with van der Waals surface area (Å²) in [5.74, 6) is 0.729. The Morgan fingerprint density at radius 2 is 1.78 bits per heavy atom. The normalized spacial score (nSPS) is 13.7. The van der Waals surface area contributed by atoms with Gasteiger partial charge in [0.1, 0.15) is 5.82 Å². The second kappa shape index (κ2) is 11.0. The molecule has 5 rings (SSSR count). The van der Waals surface area contributed by atoms with E-state index < -0.39 is 0 Å². The lowest BCUT2D eigenvalue weighted by molar-refractivity contribution is 0.102. The summed E-state index contributed by atoms with van der Waals surface area (Å²) in [6.07, 6.45) is 3.55. The molecule has 1 N–H and O–H groups in total. The van der Waals surface area contributed by atoms with Gasteiger partial charge in [-0.3, -0.25) is 14.7 Å². The summed E-state index contributed by atoms with van der Waals surface area (Å²) in [5.41, 5.74) is 5.93. The molecule has 0 radical (unpaired) electrons. The van der Waals surface area contributed by atoms with E-state index in [2.05, 4.69) is 36.0 Å². The van der Waals surface area contributed by atoms with Crippen molar-refractivity contribution in [3.05, 3.63) is 113 Å². The summed E-state index contributed by atoms with van der Waals surface area (Å²) in [7, 11) is 0. The molecule has 0 aliphatic carbocycles. The Balaban J connectivity index is 1.20. The number of rotatable bonds is 6. The number of hydrogen-bond acceptors (Lipinski definition) is 5. The maximum absolute atomic E-state index is 13.0. The van der Waals surface area contributed by atoms with E-state index in [0.717, 1.165) is 60.9 Å². The number of pyridine rings is 2. The highest BCUT2D eigenvalue weighted by atomic mass is 16.1. The van der Waals surface area contributed by atoms with Gasteiger partial charge in [0, 0.05) is 44.5 Å². The van der Waals surface area contributed by atoms with Crippen molar-refractivity contribution in [2.45, 2.75) is 13.5 Å². The van der Waals surface area contributed by atoms with Crippen LogP contribution in [0.2, 0.25) is 0 Å². The first-order chi connectivity index (χ1) is 18.1. The zero-order chi connectivity index (χ0) is 25.6. The summed E-state index contributed by atoms with van der Waals surface area (Å²) >= 11 is 0. The van der Waals surface area contributed by atoms with Gasteiger partial charge < -0.3 is 10.2 Å². The van der Waals surface area contributed by atoms with Crippen LogP contribution in [0.5, 0.6) is 0 Å². The zero-order valence-electron chi connectivity index (χ0n) is 20.8. The van der Waals surface area contributed by atoms with Gasteiger partial charge in [-0.25, -0.2) is 9.83 Å². The van der Waals surface area contributed by atoms with Gasteiger partial charge in [-0.2, -0.15) is 0 Å². The number of piperazine rings is 1. The highest BCUT2D eigenvalue weighted by Crippen LogP contribution is 2.27. The molecule has 1 fully saturated rings. The molecule has 0 unspecified atom stereocenters. The highest BCUT2D eigenvalue weighted by molar-refractivity contribution is 6.05. The van der Waals surface area contributed by atoms with Crippen molar-refractivity contribution >= 4 is 23.1 Å². The number of nitrogens with zero attached hydrogens (tertiary/aromatic N) is 5. The van der Waals surface area contributed by atoms with Crippen LogP contribution in [0.4, 0.5) is 17.2 Å². The molecule has 0 bridgehead atoms. The third-order valence-corrected chi connectivity index (χ3v) is 6.62. The molecule has 0 atom stereocenters. The first-order valence-corrected chi connectivity index (χ1v) is 12.3. The zero-order valence-corrected chi connectivity index (χ0v) is 20.8. The molecule has 2 aromatic carbocycles.